The fourth-order valence-corrected chi connectivity index (χ4v) is 3.43. The fraction of sp³-hybridized carbons (Fsp3) is 0.227. The van der Waals surface area contributed by atoms with Gasteiger partial charge in [0.05, 0.1) is 5.56 Å². The Morgan fingerprint density at radius 1 is 1.07 bits per heavy atom. The predicted molar refractivity (Wildman–Crippen MR) is 104 cm³/mol. The van der Waals surface area contributed by atoms with Crippen LogP contribution in [0.1, 0.15) is 39.1 Å². The number of Topliss-reactive ketones (excluding diaryl/α,β-unsaturated/α-hetero) is 1. The summed E-state index contributed by atoms with van der Waals surface area (Å²) in [6.45, 7) is 1.01. The van der Waals surface area contributed by atoms with Crippen LogP contribution in [0.3, 0.4) is 0 Å². The van der Waals surface area contributed by atoms with Crippen molar-refractivity contribution in [3.05, 3.63) is 71.4 Å². The van der Waals surface area contributed by atoms with Crippen LogP contribution < -0.4 is 0 Å². The van der Waals surface area contributed by atoms with Crippen LogP contribution in [0.15, 0.2) is 54.7 Å². The van der Waals surface area contributed by atoms with Crippen LogP contribution >= 0.6 is 0 Å². The molecule has 4 rings (SSSR count). The molecule has 1 saturated heterocycles. The molecule has 1 N–H and O–H groups in total. The normalized spacial score (nSPS) is 13.9. The number of carbonyl (C=O) groups is 3. The van der Waals surface area contributed by atoms with E-state index in [1.165, 1.54) is 0 Å². The second kappa shape index (κ2) is 7.68. The van der Waals surface area contributed by atoms with Crippen molar-refractivity contribution >= 4 is 28.6 Å². The topological polar surface area (TPSA) is 79.5 Å². The molecule has 1 fully saturated rings. The first-order chi connectivity index (χ1) is 13.6. The van der Waals surface area contributed by atoms with Crippen LogP contribution in [0, 0.1) is 0 Å². The van der Waals surface area contributed by atoms with Gasteiger partial charge in [-0.05, 0) is 30.2 Å². The number of benzene rings is 2. The van der Waals surface area contributed by atoms with Crippen molar-refractivity contribution in [2.45, 2.75) is 19.4 Å². The largest absolute Gasteiger partial charge is 0.454 e. The van der Waals surface area contributed by atoms with Gasteiger partial charge in [0.25, 0.3) is 0 Å². The van der Waals surface area contributed by atoms with E-state index in [1.807, 2.05) is 41.3 Å². The first-order valence-corrected chi connectivity index (χ1v) is 9.25. The van der Waals surface area contributed by atoms with Crippen molar-refractivity contribution in [1.82, 2.24) is 9.88 Å². The second-order valence-electron chi connectivity index (χ2n) is 6.86. The quantitative estimate of drug-likeness (QED) is 0.529. The Labute approximate surface area is 162 Å². The Morgan fingerprint density at radius 3 is 2.61 bits per heavy atom. The molecule has 0 spiro atoms. The minimum absolute atomic E-state index is 0.166. The van der Waals surface area contributed by atoms with Crippen LogP contribution in [-0.2, 0) is 16.1 Å². The lowest BCUT2D eigenvalue weighted by molar-refractivity contribution is -0.128. The van der Waals surface area contributed by atoms with Gasteiger partial charge in [-0.25, -0.2) is 4.79 Å². The molecular weight excluding hydrogens is 356 g/mol. The minimum atomic E-state index is -0.544. The van der Waals surface area contributed by atoms with Gasteiger partial charge in [0.2, 0.25) is 11.7 Å². The lowest BCUT2D eigenvalue weighted by Crippen LogP contribution is -2.23. The second-order valence-corrected chi connectivity index (χ2v) is 6.86. The van der Waals surface area contributed by atoms with Gasteiger partial charge in [0.15, 0.2) is 6.61 Å². The zero-order valence-electron chi connectivity index (χ0n) is 15.3. The van der Waals surface area contributed by atoms with Crippen LogP contribution in [0.5, 0.6) is 0 Å². The third kappa shape index (κ3) is 3.67. The van der Waals surface area contributed by atoms with E-state index < -0.39 is 5.97 Å². The van der Waals surface area contributed by atoms with E-state index in [4.69, 9.17) is 4.74 Å². The summed E-state index contributed by atoms with van der Waals surface area (Å²) in [6.07, 6.45) is 3.14. The third-order valence-corrected chi connectivity index (χ3v) is 4.96. The number of fused-ring (bicyclic) bond motifs is 1. The summed E-state index contributed by atoms with van der Waals surface area (Å²) in [7, 11) is 0. The molecular formula is C22H20N2O4. The standard InChI is InChI=1S/C22H20N2O4/c25-20(18-12-23-19-5-2-1-4-17(18)19)14-28-22(27)16-9-7-15(8-10-16)13-24-11-3-6-21(24)26/h1-2,4-5,7-10,12,23H,3,6,11,13-14H2. The van der Waals surface area contributed by atoms with E-state index in [0.29, 0.717) is 24.1 Å². The first-order valence-electron chi connectivity index (χ1n) is 9.25. The van der Waals surface area contributed by atoms with Gasteiger partial charge in [-0.1, -0.05) is 30.3 Å². The van der Waals surface area contributed by atoms with Crippen molar-refractivity contribution in [3.8, 4) is 0 Å². The first kappa shape index (κ1) is 18.0. The number of rotatable bonds is 6. The number of H-pyrrole nitrogens is 1. The summed E-state index contributed by atoms with van der Waals surface area (Å²) in [5.41, 5.74) is 2.71. The molecule has 6 heteroatoms. The molecule has 0 saturated carbocycles. The van der Waals surface area contributed by atoms with Gasteiger partial charge < -0.3 is 14.6 Å². The van der Waals surface area contributed by atoms with Crippen LogP contribution in [0.25, 0.3) is 10.9 Å². The molecule has 0 unspecified atom stereocenters. The average molecular weight is 376 g/mol. The number of nitrogens with zero attached hydrogens (tertiary/aromatic N) is 1. The van der Waals surface area contributed by atoms with E-state index in [2.05, 4.69) is 4.98 Å². The molecule has 28 heavy (non-hydrogen) atoms. The van der Waals surface area contributed by atoms with E-state index in [9.17, 15) is 14.4 Å². The van der Waals surface area contributed by atoms with Gasteiger partial charge in [0, 0.05) is 42.2 Å². The van der Waals surface area contributed by atoms with Gasteiger partial charge in [-0.15, -0.1) is 0 Å². The number of ketones is 1. The van der Waals surface area contributed by atoms with Crippen molar-refractivity contribution in [2.24, 2.45) is 0 Å². The van der Waals surface area contributed by atoms with Gasteiger partial charge in [-0.2, -0.15) is 0 Å². The Bertz CT molecular complexity index is 1040. The van der Waals surface area contributed by atoms with Crippen LogP contribution in [0.4, 0.5) is 0 Å². The Morgan fingerprint density at radius 2 is 1.86 bits per heavy atom. The molecule has 142 valence electrons. The number of ether oxygens (including phenoxy) is 1. The molecule has 0 radical (unpaired) electrons. The number of para-hydroxylation sites is 1. The molecule has 6 nitrogen and oxygen atoms in total. The highest BCUT2D eigenvalue weighted by Crippen LogP contribution is 2.19. The Hall–Kier alpha value is -3.41. The zero-order valence-corrected chi connectivity index (χ0v) is 15.3. The van der Waals surface area contributed by atoms with Crippen molar-refractivity contribution in [2.75, 3.05) is 13.2 Å². The number of aromatic amines is 1. The predicted octanol–water partition coefficient (Wildman–Crippen LogP) is 3.33. The van der Waals surface area contributed by atoms with E-state index >= 15 is 0 Å². The van der Waals surface area contributed by atoms with Crippen LogP contribution in [0.2, 0.25) is 0 Å². The number of carbonyl (C=O) groups excluding carboxylic acids is 3. The summed E-state index contributed by atoms with van der Waals surface area (Å²) in [4.78, 5) is 41.2. The van der Waals surface area contributed by atoms with Gasteiger partial charge in [-0.3, -0.25) is 9.59 Å². The van der Waals surface area contributed by atoms with Crippen molar-refractivity contribution in [3.63, 3.8) is 0 Å². The van der Waals surface area contributed by atoms with E-state index in [-0.39, 0.29) is 18.3 Å². The molecule has 3 aromatic rings. The molecule has 1 aromatic heterocycles. The highest BCUT2D eigenvalue weighted by atomic mass is 16.5. The van der Waals surface area contributed by atoms with Crippen LogP contribution in [-0.4, -0.2) is 40.7 Å². The lowest BCUT2D eigenvalue weighted by atomic mass is 10.1. The number of aromatic nitrogens is 1. The summed E-state index contributed by atoms with van der Waals surface area (Å²) in [6, 6.07) is 14.4. The number of amides is 1. The maximum Gasteiger partial charge on any atom is 0.338 e. The highest BCUT2D eigenvalue weighted by Gasteiger charge is 2.20. The molecule has 2 aromatic carbocycles. The molecule has 2 heterocycles. The monoisotopic (exact) mass is 376 g/mol. The van der Waals surface area contributed by atoms with Gasteiger partial charge >= 0.3 is 5.97 Å². The third-order valence-electron chi connectivity index (χ3n) is 4.96. The van der Waals surface area contributed by atoms with E-state index in [0.717, 1.165) is 29.4 Å². The van der Waals surface area contributed by atoms with Crippen molar-refractivity contribution < 1.29 is 19.1 Å². The fourth-order valence-electron chi connectivity index (χ4n) is 3.43. The minimum Gasteiger partial charge on any atom is -0.454 e. The number of nitrogens with one attached hydrogen (secondary N) is 1. The Kier molecular flexibility index (Phi) is 4.93. The zero-order chi connectivity index (χ0) is 19.5. The summed E-state index contributed by atoms with van der Waals surface area (Å²) >= 11 is 0. The molecule has 1 aliphatic heterocycles. The van der Waals surface area contributed by atoms with Crippen molar-refractivity contribution in [1.29, 1.82) is 0 Å². The SMILES string of the molecule is O=C(OCC(=O)c1c[nH]c2ccccc12)c1ccc(CN2CCCC2=O)cc1. The molecule has 1 amide bonds. The molecule has 0 bridgehead atoms. The Balaban J connectivity index is 1.35. The maximum atomic E-state index is 12.4. The average Bonchev–Trinajstić information content (AvgIpc) is 3.33. The highest BCUT2D eigenvalue weighted by molar-refractivity contribution is 6.09. The van der Waals surface area contributed by atoms with E-state index in [1.54, 1.807) is 18.3 Å². The maximum absolute atomic E-state index is 12.4. The number of hydrogen-bond donors (Lipinski definition) is 1. The van der Waals surface area contributed by atoms with Gasteiger partial charge in [0.1, 0.15) is 0 Å². The number of hydrogen-bond acceptors (Lipinski definition) is 4. The smallest absolute Gasteiger partial charge is 0.338 e. The summed E-state index contributed by atoms with van der Waals surface area (Å²) in [5, 5.41) is 0.810. The number of likely N-dealkylation sites (tertiary alicyclic amines) is 1. The number of esters is 1. The lowest BCUT2D eigenvalue weighted by Gasteiger charge is -2.15. The summed E-state index contributed by atoms with van der Waals surface area (Å²) in [5.74, 6) is -0.633. The summed E-state index contributed by atoms with van der Waals surface area (Å²) < 4.78 is 5.19. The molecule has 0 atom stereocenters. The molecule has 1 aliphatic rings. The molecule has 0 aliphatic carbocycles.